The monoisotopic (exact) mass is 833 g/mol. The van der Waals surface area contributed by atoms with Crippen molar-refractivity contribution in [2.24, 2.45) is 0 Å². The van der Waals surface area contributed by atoms with Gasteiger partial charge in [-0.15, -0.1) is 4.57 Å². The van der Waals surface area contributed by atoms with Crippen molar-refractivity contribution in [3.63, 3.8) is 0 Å². The molecule has 4 aliphatic rings. The van der Waals surface area contributed by atoms with Crippen LogP contribution in [0.4, 0.5) is 17.1 Å². The maximum Gasteiger partial charge on any atom is 0.432 e. The Morgan fingerprint density at radius 2 is 1.23 bits per heavy atom. The number of rotatable bonds is 5. The van der Waals surface area contributed by atoms with Crippen LogP contribution in [0.25, 0.3) is 55.8 Å². The van der Waals surface area contributed by atoms with Crippen molar-refractivity contribution in [2.45, 2.75) is 84.1 Å². The highest BCUT2D eigenvalue weighted by atomic mass is 16.5. The molecule has 1 aromatic heterocycles. The summed E-state index contributed by atoms with van der Waals surface area (Å²) in [4.78, 5) is 5.23. The third-order valence-electron chi connectivity index (χ3n) is 14.1. The van der Waals surface area contributed by atoms with Gasteiger partial charge in [-0.3, -0.25) is 0 Å². The summed E-state index contributed by atoms with van der Waals surface area (Å²) in [6, 6.07) is 60.2. The van der Waals surface area contributed by atoms with Crippen molar-refractivity contribution in [1.29, 1.82) is 0 Å². The molecular weight excluding hydrogens is 779 g/mol. The number of para-hydroxylation sites is 1. The highest BCUT2D eigenvalue weighted by molar-refractivity contribution is 6.03. The lowest BCUT2D eigenvalue weighted by atomic mass is 9.77. The van der Waals surface area contributed by atoms with Crippen LogP contribution >= 0.6 is 0 Å². The molecule has 1 spiro atoms. The number of ether oxygens (including phenoxy) is 1. The number of benzene rings is 7. The predicted molar refractivity (Wildman–Crippen MR) is 263 cm³/mol. The normalized spacial score (nSPS) is 17.9. The van der Waals surface area contributed by atoms with Crippen molar-refractivity contribution >= 4 is 17.1 Å². The van der Waals surface area contributed by atoms with E-state index < -0.39 is 11.7 Å². The van der Waals surface area contributed by atoms with Gasteiger partial charge in [-0.25, -0.2) is 4.90 Å². The molecule has 0 bridgehead atoms. The van der Waals surface area contributed by atoms with Crippen LogP contribution < -0.4 is 19.1 Å². The third kappa shape index (κ3) is 5.44. The third-order valence-corrected chi connectivity index (χ3v) is 14.1. The minimum Gasteiger partial charge on any atom is -0.410 e. The average Bonchev–Trinajstić information content (AvgIpc) is 3.79. The number of hydrogen-bond acceptors (Lipinski definition) is 3. The summed E-state index contributed by atoms with van der Waals surface area (Å²) >= 11 is 0. The van der Waals surface area contributed by atoms with E-state index >= 15 is 0 Å². The van der Waals surface area contributed by atoms with E-state index in [4.69, 9.17) is 4.74 Å². The molecule has 7 aromatic carbocycles. The fourth-order valence-corrected chi connectivity index (χ4v) is 10.9. The first-order valence-electron chi connectivity index (χ1n) is 23.3. The Labute approximate surface area is 379 Å². The van der Waals surface area contributed by atoms with Gasteiger partial charge in [0.2, 0.25) is 5.69 Å². The lowest BCUT2D eigenvalue weighted by Crippen LogP contribution is -2.71. The molecule has 4 aliphatic heterocycles. The summed E-state index contributed by atoms with van der Waals surface area (Å²) in [5.74, 6) is -0.933. The van der Waals surface area contributed by atoms with Crippen molar-refractivity contribution in [1.82, 2.24) is 0 Å². The topological polar surface area (TPSA) is 19.6 Å². The van der Waals surface area contributed by atoms with Crippen LogP contribution in [0.5, 0.6) is 5.75 Å². The second-order valence-corrected chi connectivity index (χ2v) is 20.4. The molecule has 0 saturated carbocycles. The second kappa shape index (κ2) is 13.5. The zero-order valence-corrected chi connectivity index (χ0v) is 38.0. The van der Waals surface area contributed by atoms with E-state index in [1.807, 2.05) is 13.8 Å². The Kier molecular flexibility index (Phi) is 7.97. The van der Waals surface area contributed by atoms with Crippen LogP contribution in [0.2, 0.25) is 0 Å². The molecule has 64 heavy (non-hydrogen) atoms. The summed E-state index contributed by atoms with van der Waals surface area (Å²) in [7, 11) is 0. The van der Waals surface area contributed by atoms with Gasteiger partial charge in [0.15, 0.2) is 6.20 Å². The van der Waals surface area contributed by atoms with Gasteiger partial charge in [-0.2, -0.15) is 0 Å². The molecule has 4 heteroatoms. The van der Waals surface area contributed by atoms with E-state index in [1.165, 1.54) is 50.1 Å². The molecule has 0 fully saturated rings. The molecule has 314 valence electrons. The number of fused-ring (bicyclic) bond motifs is 5. The molecule has 12 rings (SSSR count). The zero-order chi connectivity index (χ0) is 44.8. The van der Waals surface area contributed by atoms with E-state index in [2.05, 4.69) is 226 Å². The Bertz CT molecular complexity index is 3250. The molecule has 0 N–H and O–H groups in total. The smallest absolute Gasteiger partial charge is 0.410 e. The Hall–Kier alpha value is -6.91. The van der Waals surface area contributed by atoms with Gasteiger partial charge in [-0.1, -0.05) is 171 Å². The van der Waals surface area contributed by atoms with Gasteiger partial charge in [0, 0.05) is 41.3 Å². The van der Waals surface area contributed by atoms with Crippen LogP contribution in [-0.2, 0) is 16.7 Å². The predicted octanol–water partition coefficient (Wildman–Crippen LogP) is 15.1. The van der Waals surface area contributed by atoms with Crippen molar-refractivity contribution in [2.75, 3.05) is 9.80 Å². The molecule has 2 unspecified atom stereocenters. The molecule has 2 atom stereocenters. The maximum absolute atomic E-state index is 9.21. The Balaban J connectivity index is 1.24. The molecule has 0 radical (unpaired) electrons. The average molecular weight is 834 g/mol. The van der Waals surface area contributed by atoms with Crippen LogP contribution in [0.3, 0.4) is 0 Å². The Morgan fingerprint density at radius 1 is 0.578 bits per heavy atom. The zero-order valence-electron chi connectivity index (χ0n) is 39.0. The summed E-state index contributed by atoms with van der Waals surface area (Å²) < 4.78 is 19.8. The highest BCUT2D eigenvalue weighted by Gasteiger charge is 2.70. The van der Waals surface area contributed by atoms with E-state index in [-0.39, 0.29) is 17.0 Å². The van der Waals surface area contributed by atoms with E-state index in [0.29, 0.717) is 0 Å². The van der Waals surface area contributed by atoms with Crippen molar-refractivity contribution in [3.8, 4) is 61.5 Å². The van der Waals surface area contributed by atoms with Gasteiger partial charge >= 0.3 is 5.85 Å². The standard InChI is InChI=1S/C60H54N3O/c1-37(2)41-27-28-51(46(31-41)40-23-16-11-17-24-40)62-52-26-18-25-45-47-32-43(39-21-14-10-15-22-39)33-48-53-34-42(38-19-12-9-13-20-38)29-30-61(53)60(54(47)48)63(55(45)52)57(62)49-35-44(58(3,4)5)36-50(56(49)64-60)59(6,7)8/h9-37,57H,1-8H3/q+1/i37D. The molecule has 0 amide bonds. The first kappa shape index (κ1) is 37.6. The fraction of sp³-hybridized carbons (Fsp3) is 0.217. The first-order chi connectivity index (χ1) is 31.1. The van der Waals surface area contributed by atoms with Crippen molar-refractivity contribution in [3.05, 3.63) is 198 Å². The van der Waals surface area contributed by atoms with Crippen LogP contribution in [0.15, 0.2) is 170 Å². The van der Waals surface area contributed by atoms with E-state index in [9.17, 15) is 1.37 Å². The first-order valence-corrected chi connectivity index (χ1v) is 22.8. The van der Waals surface area contributed by atoms with E-state index in [0.717, 1.165) is 56.3 Å². The molecule has 8 aromatic rings. The summed E-state index contributed by atoms with van der Waals surface area (Å²) in [5, 5.41) is 0. The Morgan fingerprint density at radius 3 is 1.89 bits per heavy atom. The van der Waals surface area contributed by atoms with E-state index in [1.54, 1.807) is 0 Å². The fourth-order valence-electron chi connectivity index (χ4n) is 10.9. The molecule has 0 saturated heterocycles. The van der Waals surface area contributed by atoms with Gasteiger partial charge in [-0.05, 0) is 92.1 Å². The van der Waals surface area contributed by atoms with Crippen molar-refractivity contribution < 1.29 is 10.7 Å². The van der Waals surface area contributed by atoms with Gasteiger partial charge in [0.05, 0.1) is 22.6 Å². The van der Waals surface area contributed by atoms with Crippen LogP contribution in [0.1, 0.15) is 96.6 Å². The molecule has 0 aliphatic carbocycles. The lowest BCUT2D eigenvalue weighted by Gasteiger charge is -2.49. The quantitative estimate of drug-likeness (QED) is 0.161. The van der Waals surface area contributed by atoms with Gasteiger partial charge in [0.25, 0.3) is 0 Å². The minimum atomic E-state index is -1.08. The highest BCUT2D eigenvalue weighted by Crippen LogP contribution is 2.68. The summed E-state index contributed by atoms with van der Waals surface area (Å²) in [6.45, 7) is 17.9. The maximum atomic E-state index is 9.21. The SMILES string of the molecule is [2H]C(C)(C)c1ccc(N2c3cccc4c3N3C2c2cc(C(C)(C)C)cc(C(C)(C)C)c2OC32c3c-4cc(-c4ccccc4)cc3-c3cc(-c4ccccc4)cc[n+]32)c(-c2ccccc2)c1. The molecule has 5 heterocycles. The molecule has 4 nitrogen and oxygen atoms in total. The number of anilines is 3. The number of pyridine rings is 1. The van der Waals surface area contributed by atoms with Gasteiger partial charge < -0.3 is 9.64 Å². The number of aromatic nitrogens is 1. The molecular formula is C60H54N3O+. The summed E-state index contributed by atoms with van der Waals surface area (Å²) in [6.07, 6.45) is 1.97. The lowest BCUT2D eigenvalue weighted by molar-refractivity contribution is -0.774. The van der Waals surface area contributed by atoms with Crippen LogP contribution in [0, 0.1) is 0 Å². The minimum absolute atomic E-state index is 0.125. The second-order valence-electron chi connectivity index (χ2n) is 20.4. The van der Waals surface area contributed by atoms with Gasteiger partial charge in [0.1, 0.15) is 17.5 Å². The number of hydrogen-bond donors (Lipinski definition) is 0. The van der Waals surface area contributed by atoms with Crippen LogP contribution in [-0.4, -0.2) is 0 Å². The largest absolute Gasteiger partial charge is 0.432 e. The summed E-state index contributed by atoms with van der Waals surface area (Å²) in [5.41, 5.74) is 20.3. The number of nitrogens with zero attached hydrogens (tertiary/aromatic N) is 3.